The van der Waals surface area contributed by atoms with Gasteiger partial charge in [-0.05, 0) is 38.0 Å². The molecule has 1 fully saturated rings. The van der Waals surface area contributed by atoms with Crippen molar-refractivity contribution in [3.05, 3.63) is 12.7 Å². The van der Waals surface area contributed by atoms with Gasteiger partial charge in [0, 0.05) is 4.83 Å². The van der Waals surface area contributed by atoms with Gasteiger partial charge in [0.2, 0.25) is 0 Å². The van der Waals surface area contributed by atoms with Gasteiger partial charge in [-0.2, -0.15) is 0 Å². The minimum absolute atomic E-state index is 0.825. The van der Waals surface area contributed by atoms with Crippen molar-refractivity contribution in [2.45, 2.75) is 56.2 Å². The average molecular weight is 245 g/mol. The van der Waals surface area contributed by atoms with Gasteiger partial charge in [-0.1, -0.05) is 41.3 Å². The van der Waals surface area contributed by atoms with Gasteiger partial charge in [-0.15, -0.1) is 6.58 Å². The molecule has 0 N–H and O–H groups in total. The van der Waals surface area contributed by atoms with Gasteiger partial charge in [0.05, 0.1) is 0 Å². The van der Waals surface area contributed by atoms with E-state index in [1.165, 1.54) is 51.4 Å². The van der Waals surface area contributed by atoms with Gasteiger partial charge in [0.15, 0.2) is 0 Å². The second-order valence-corrected chi connectivity index (χ2v) is 5.50. The summed E-state index contributed by atoms with van der Waals surface area (Å²) in [5.74, 6) is 1.02. The molecule has 1 aliphatic rings. The molecule has 0 aromatic heterocycles. The van der Waals surface area contributed by atoms with Gasteiger partial charge in [-0.3, -0.25) is 0 Å². The lowest BCUT2D eigenvalue weighted by Crippen LogP contribution is -1.95. The summed E-state index contributed by atoms with van der Waals surface area (Å²) in [7, 11) is 0. The van der Waals surface area contributed by atoms with Crippen molar-refractivity contribution < 1.29 is 0 Å². The molecular weight excluding hydrogens is 224 g/mol. The fourth-order valence-corrected chi connectivity index (χ4v) is 2.97. The molecule has 0 saturated heterocycles. The summed E-state index contributed by atoms with van der Waals surface area (Å²) in [4.78, 5) is 0.825. The van der Waals surface area contributed by atoms with E-state index in [9.17, 15) is 0 Å². The van der Waals surface area contributed by atoms with E-state index in [1.54, 1.807) is 0 Å². The van der Waals surface area contributed by atoms with E-state index >= 15 is 0 Å². The minimum Gasteiger partial charge on any atom is -0.103 e. The average Bonchev–Trinajstić information content (AvgIpc) is 2.51. The van der Waals surface area contributed by atoms with Crippen LogP contribution in [0, 0.1) is 5.92 Å². The second-order valence-electron chi connectivity index (χ2n) is 4.20. The lowest BCUT2D eigenvalue weighted by molar-refractivity contribution is 0.470. The summed E-state index contributed by atoms with van der Waals surface area (Å²) in [6.45, 7) is 3.74. The van der Waals surface area contributed by atoms with Crippen LogP contribution in [-0.2, 0) is 0 Å². The van der Waals surface area contributed by atoms with Crippen LogP contribution in [0.5, 0.6) is 0 Å². The Bertz CT molecular complexity index is 142. The van der Waals surface area contributed by atoms with Gasteiger partial charge in [0.1, 0.15) is 0 Å². The zero-order valence-electron chi connectivity index (χ0n) is 8.47. The lowest BCUT2D eigenvalue weighted by atomic mass is 9.99. The monoisotopic (exact) mass is 244 g/mol. The third kappa shape index (κ3) is 4.85. The summed E-state index contributed by atoms with van der Waals surface area (Å²) in [6.07, 6.45) is 13.1. The van der Waals surface area contributed by atoms with Crippen LogP contribution in [0.25, 0.3) is 0 Å². The number of allylic oxidation sites excluding steroid dienone is 1. The molecule has 13 heavy (non-hydrogen) atoms. The fraction of sp³-hybridized carbons (Fsp3) is 0.833. The first-order valence-electron chi connectivity index (χ1n) is 5.58. The van der Waals surface area contributed by atoms with Crippen LogP contribution in [0.15, 0.2) is 12.7 Å². The highest BCUT2D eigenvalue weighted by Gasteiger charge is 2.21. The first-order chi connectivity index (χ1) is 6.33. The van der Waals surface area contributed by atoms with Crippen LogP contribution in [0.3, 0.4) is 0 Å². The van der Waals surface area contributed by atoms with Crippen molar-refractivity contribution in [1.82, 2.24) is 0 Å². The summed E-state index contributed by atoms with van der Waals surface area (Å²) >= 11 is 3.70. The van der Waals surface area contributed by atoms with E-state index in [4.69, 9.17) is 0 Å². The molecule has 0 aliphatic heterocycles. The molecular formula is C12H21Br. The van der Waals surface area contributed by atoms with E-state index in [2.05, 4.69) is 22.5 Å². The molecule has 0 heterocycles. The van der Waals surface area contributed by atoms with Gasteiger partial charge >= 0.3 is 0 Å². The zero-order valence-corrected chi connectivity index (χ0v) is 10.1. The number of hydrogen-bond acceptors (Lipinski definition) is 0. The molecule has 2 unspecified atom stereocenters. The van der Waals surface area contributed by atoms with Gasteiger partial charge in [0.25, 0.3) is 0 Å². The van der Waals surface area contributed by atoms with E-state index in [-0.39, 0.29) is 0 Å². The maximum Gasteiger partial charge on any atom is 0.0148 e. The summed E-state index contributed by atoms with van der Waals surface area (Å²) in [6, 6.07) is 0. The van der Waals surface area contributed by atoms with Crippen LogP contribution < -0.4 is 0 Å². The standard InChI is InChI=1S/C12H21Br/c1-2-3-4-5-6-7-11-8-9-12(13)10-11/h2,11-12H,1,3-10H2. The number of halogens is 1. The van der Waals surface area contributed by atoms with Crippen LogP contribution in [0.4, 0.5) is 0 Å². The molecule has 1 rings (SSSR count). The maximum atomic E-state index is 3.74. The Morgan fingerprint density at radius 1 is 1.23 bits per heavy atom. The summed E-state index contributed by atoms with van der Waals surface area (Å²) < 4.78 is 0. The summed E-state index contributed by atoms with van der Waals surface area (Å²) in [5, 5.41) is 0. The highest BCUT2D eigenvalue weighted by atomic mass is 79.9. The molecule has 0 nitrogen and oxygen atoms in total. The number of alkyl halides is 1. The van der Waals surface area contributed by atoms with Crippen LogP contribution in [-0.4, -0.2) is 4.83 Å². The van der Waals surface area contributed by atoms with Crippen molar-refractivity contribution >= 4 is 15.9 Å². The van der Waals surface area contributed by atoms with E-state index < -0.39 is 0 Å². The largest absolute Gasteiger partial charge is 0.103 e. The lowest BCUT2D eigenvalue weighted by Gasteiger charge is -2.07. The Hall–Kier alpha value is 0.220. The Balaban J connectivity index is 1.91. The van der Waals surface area contributed by atoms with E-state index in [0.29, 0.717) is 0 Å². The number of hydrogen-bond donors (Lipinski definition) is 0. The number of rotatable bonds is 6. The second kappa shape index (κ2) is 6.64. The van der Waals surface area contributed by atoms with Crippen LogP contribution in [0.2, 0.25) is 0 Å². The van der Waals surface area contributed by atoms with Gasteiger partial charge in [-0.25, -0.2) is 0 Å². The third-order valence-electron chi connectivity index (χ3n) is 3.00. The topological polar surface area (TPSA) is 0 Å². The van der Waals surface area contributed by atoms with E-state index in [0.717, 1.165) is 10.7 Å². The van der Waals surface area contributed by atoms with Crippen molar-refractivity contribution in [1.29, 1.82) is 0 Å². The van der Waals surface area contributed by atoms with Crippen LogP contribution in [0.1, 0.15) is 51.4 Å². The number of unbranched alkanes of at least 4 members (excludes halogenated alkanes) is 3. The molecule has 0 spiro atoms. The summed E-state index contributed by atoms with van der Waals surface area (Å²) in [5.41, 5.74) is 0. The molecule has 76 valence electrons. The third-order valence-corrected chi connectivity index (χ3v) is 3.83. The quantitative estimate of drug-likeness (QED) is 0.362. The molecule has 0 amide bonds. The molecule has 1 saturated carbocycles. The van der Waals surface area contributed by atoms with Crippen LogP contribution >= 0.6 is 15.9 Å². The van der Waals surface area contributed by atoms with Crippen molar-refractivity contribution in [3.63, 3.8) is 0 Å². The maximum absolute atomic E-state index is 3.74. The molecule has 1 aliphatic carbocycles. The van der Waals surface area contributed by atoms with E-state index in [1.807, 2.05) is 6.08 Å². The molecule has 0 aromatic rings. The highest BCUT2D eigenvalue weighted by Crippen LogP contribution is 2.33. The molecule has 1 heteroatoms. The van der Waals surface area contributed by atoms with Gasteiger partial charge < -0.3 is 0 Å². The Morgan fingerprint density at radius 3 is 2.69 bits per heavy atom. The first kappa shape index (κ1) is 11.3. The molecule has 0 bridgehead atoms. The molecule has 0 aromatic carbocycles. The normalized spacial score (nSPS) is 27.8. The predicted molar refractivity (Wildman–Crippen MR) is 63.3 cm³/mol. The van der Waals surface area contributed by atoms with Crippen molar-refractivity contribution in [3.8, 4) is 0 Å². The Morgan fingerprint density at radius 2 is 2.08 bits per heavy atom. The Labute approximate surface area is 90.9 Å². The predicted octanol–water partition coefficient (Wildman–Crippen LogP) is 4.69. The highest BCUT2D eigenvalue weighted by molar-refractivity contribution is 9.09. The first-order valence-corrected chi connectivity index (χ1v) is 6.49. The SMILES string of the molecule is C=CCCCCCC1CCC(Br)C1. The van der Waals surface area contributed by atoms with Crippen molar-refractivity contribution in [2.24, 2.45) is 5.92 Å². The Kier molecular flexibility index (Phi) is 5.77. The smallest absolute Gasteiger partial charge is 0.0148 e. The minimum atomic E-state index is 0.825. The van der Waals surface area contributed by atoms with Crippen molar-refractivity contribution in [2.75, 3.05) is 0 Å². The molecule has 0 radical (unpaired) electrons. The zero-order chi connectivity index (χ0) is 9.52. The fourth-order valence-electron chi connectivity index (χ4n) is 2.17. The molecule has 2 atom stereocenters.